The average Bonchev–Trinajstić information content (AvgIpc) is 2.36. The number of hydrogen-bond acceptors (Lipinski definition) is 3. The van der Waals surface area contributed by atoms with Crippen LogP contribution in [-0.2, 0) is 5.75 Å². The number of aliphatic hydroxyl groups is 1. The zero-order valence-corrected chi connectivity index (χ0v) is 13.2. The molecular weight excluding hydrogens is 272 g/mol. The molecule has 0 aliphatic carbocycles. The number of aliphatic hydroxyl groups excluding tert-OH is 1. The lowest BCUT2D eigenvalue weighted by Crippen LogP contribution is -2.29. The quantitative estimate of drug-likeness (QED) is 0.706. The molecule has 2 amide bonds. The van der Waals surface area contributed by atoms with Crippen LogP contribution in [-0.4, -0.2) is 29.0 Å². The lowest BCUT2D eigenvalue weighted by Gasteiger charge is -2.17. The van der Waals surface area contributed by atoms with E-state index >= 15 is 0 Å². The number of hydrogen-bond donors (Lipinski definition) is 3. The first kappa shape index (κ1) is 16.9. The summed E-state index contributed by atoms with van der Waals surface area (Å²) in [7, 11) is 0. The van der Waals surface area contributed by atoms with Gasteiger partial charge in [0.1, 0.15) is 0 Å². The Morgan fingerprint density at radius 2 is 2.10 bits per heavy atom. The van der Waals surface area contributed by atoms with E-state index in [1.807, 2.05) is 30.0 Å². The highest BCUT2D eigenvalue weighted by molar-refractivity contribution is 7.99. The summed E-state index contributed by atoms with van der Waals surface area (Å²) in [6, 6.07) is 7.63. The lowest BCUT2D eigenvalue weighted by molar-refractivity contribution is 0.249. The van der Waals surface area contributed by atoms with Crippen LogP contribution in [0.25, 0.3) is 0 Å². The van der Waals surface area contributed by atoms with Crippen molar-refractivity contribution in [3.63, 3.8) is 0 Å². The Balaban J connectivity index is 2.49. The van der Waals surface area contributed by atoms with Crippen molar-refractivity contribution in [2.24, 2.45) is 0 Å². The third-order valence-corrected chi connectivity index (χ3v) is 3.82. The second-order valence-electron chi connectivity index (χ2n) is 5.56. The molecule has 0 aromatic heterocycles. The standard InChI is InChI=1S/C15H24N2O2S/c1-15(2,3)20-11-12-6-4-7-13(10-12)17-14(19)16-8-5-9-18/h4,6-7,10,18H,5,8-9,11H2,1-3H3,(H2,16,17,19). The molecule has 0 aliphatic rings. The predicted octanol–water partition coefficient (Wildman–Crippen LogP) is 3.22. The second-order valence-corrected chi connectivity index (χ2v) is 7.36. The van der Waals surface area contributed by atoms with E-state index in [1.165, 1.54) is 5.56 Å². The Hall–Kier alpha value is -1.20. The number of anilines is 1. The van der Waals surface area contributed by atoms with Gasteiger partial charge in [-0.2, -0.15) is 11.8 Å². The molecule has 0 aliphatic heterocycles. The van der Waals surface area contributed by atoms with Crippen molar-refractivity contribution in [2.45, 2.75) is 37.7 Å². The highest BCUT2D eigenvalue weighted by Gasteiger charge is 2.10. The molecule has 112 valence electrons. The van der Waals surface area contributed by atoms with Gasteiger partial charge in [-0.15, -0.1) is 0 Å². The molecular formula is C15H24N2O2S. The zero-order chi connectivity index (χ0) is 15.0. The summed E-state index contributed by atoms with van der Waals surface area (Å²) in [5, 5.41) is 14.1. The fraction of sp³-hybridized carbons (Fsp3) is 0.533. The molecule has 1 aromatic carbocycles. The van der Waals surface area contributed by atoms with Crippen LogP contribution in [0.4, 0.5) is 10.5 Å². The number of thioether (sulfide) groups is 1. The minimum Gasteiger partial charge on any atom is -0.396 e. The number of rotatable bonds is 6. The van der Waals surface area contributed by atoms with Crippen LogP contribution in [0.3, 0.4) is 0 Å². The highest BCUT2D eigenvalue weighted by Crippen LogP contribution is 2.27. The topological polar surface area (TPSA) is 61.4 Å². The molecule has 0 saturated carbocycles. The smallest absolute Gasteiger partial charge is 0.319 e. The van der Waals surface area contributed by atoms with Crippen molar-refractivity contribution >= 4 is 23.5 Å². The van der Waals surface area contributed by atoms with Gasteiger partial charge in [-0.3, -0.25) is 0 Å². The molecule has 1 rings (SSSR count). The Morgan fingerprint density at radius 1 is 1.35 bits per heavy atom. The number of urea groups is 1. The van der Waals surface area contributed by atoms with Crippen molar-refractivity contribution in [2.75, 3.05) is 18.5 Å². The van der Waals surface area contributed by atoms with Gasteiger partial charge in [0.25, 0.3) is 0 Å². The molecule has 0 bridgehead atoms. The van der Waals surface area contributed by atoms with E-state index in [0.717, 1.165) is 11.4 Å². The van der Waals surface area contributed by atoms with Crippen LogP contribution in [0.1, 0.15) is 32.8 Å². The first-order valence-corrected chi connectivity index (χ1v) is 7.78. The van der Waals surface area contributed by atoms with Crippen molar-refractivity contribution in [1.82, 2.24) is 5.32 Å². The maximum atomic E-state index is 11.6. The van der Waals surface area contributed by atoms with E-state index in [0.29, 0.717) is 13.0 Å². The monoisotopic (exact) mass is 296 g/mol. The number of amides is 2. The van der Waals surface area contributed by atoms with Crippen LogP contribution in [0, 0.1) is 0 Å². The van der Waals surface area contributed by atoms with Gasteiger partial charge in [-0.1, -0.05) is 32.9 Å². The molecule has 4 nitrogen and oxygen atoms in total. The van der Waals surface area contributed by atoms with Gasteiger partial charge in [-0.25, -0.2) is 4.79 Å². The molecule has 20 heavy (non-hydrogen) atoms. The summed E-state index contributed by atoms with van der Waals surface area (Å²) in [4.78, 5) is 11.6. The van der Waals surface area contributed by atoms with Gasteiger partial charge < -0.3 is 15.7 Å². The third-order valence-electron chi connectivity index (χ3n) is 2.48. The number of nitrogens with one attached hydrogen (secondary N) is 2. The molecule has 0 heterocycles. The SMILES string of the molecule is CC(C)(C)SCc1cccc(NC(=O)NCCCO)c1. The summed E-state index contributed by atoms with van der Waals surface area (Å²) in [5.41, 5.74) is 1.98. The highest BCUT2D eigenvalue weighted by atomic mass is 32.2. The largest absolute Gasteiger partial charge is 0.396 e. The van der Waals surface area contributed by atoms with E-state index in [4.69, 9.17) is 5.11 Å². The first-order valence-electron chi connectivity index (χ1n) is 6.79. The van der Waals surface area contributed by atoms with Crippen LogP contribution in [0.15, 0.2) is 24.3 Å². The molecule has 0 fully saturated rings. The fourth-order valence-electron chi connectivity index (χ4n) is 1.49. The van der Waals surface area contributed by atoms with Gasteiger partial charge in [0, 0.05) is 29.3 Å². The summed E-state index contributed by atoms with van der Waals surface area (Å²) in [6.45, 7) is 7.12. The van der Waals surface area contributed by atoms with E-state index in [1.54, 1.807) is 0 Å². The lowest BCUT2D eigenvalue weighted by atomic mass is 10.2. The summed E-state index contributed by atoms with van der Waals surface area (Å²) in [5.74, 6) is 0.922. The van der Waals surface area contributed by atoms with Crippen molar-refractivity contribution in [3.05, 3.63) is 29.8 Å². The van der Waals surface area contributed by atoms with Crippen LogP contribution < -0.4 is 10.6 Å². The van der Waals surface area contributed by atoms with E-state index in [-0.39, 0.29) is 17.4 Å². The van der Waals surface area contributed by atoms with Crippen molar-refractivity contribution < 1.29 is 9.90 Å². The zero-order valence-electron chi connectivity index (χ0n) is 12.4. The summed E-state index contributed by atoms with van der Waals surface area (Å²) in [6.07, 6.45) is 0.565. The average molecular weight is 296 g/mol. The summed E-state index contributed by atoms with van der Waals surface area (Å²) < 4.78 is 0.227. The molecule has 1 aromatic rings. The number of carbonyl (C=O) groups is 1. The Labute approximate surface area is 125 Å². The number of carbonyl (C=O) groups excluding carboxylic acids is 1. The predicted molar refractivity (Wildman–Crippen MR) is 86.2 cm³/mol. The van der Waals surface area contributed by atoms with Gasteiger partial charge in [-0.05, 0) is 24.1 Å². The van der Waals surface area contributed by atoms with Gasteiger partial charge >= 0.3 is 6.03 Å². The van der Waals surface area contributed by atoms with Crippen LogP contribution >= 0.6 is 11.8 Å². The first-order chi connectivity index (χ1) is 9.40. The van der Waals surface area contributed by atoms with Crippen LogP contribution in [0.5, 0.6) is 0 Å². The normalized spacial score (nSPS) is 11.2. The molecule has 3 N–H and O–H groups in total. The molecule has 0 unspecified atom stereocenters. The van der Waals surface area contributed by atoms with Crippen LogP contribution in [0.2, 0.25) is 0 Å². The molecule has 5 heteroatoms. The molecule has 0 spiro atoms. The maximum Gasteiger partial charge on any atom is 0.319 e. The molecule has 0 saturated heterocycles. The van der Waals surface area contributed by atoms with E-state index in [9.17, 15) is 4.79 Å². The molecule has 0 radical (unpaired) electrons. The maximum absolute atomic E-state index is 11.6. The van der Waals surface area contributed by atoms with E-state index < -0.39 is 0 Å². The van der Waals surface area contributed by atoms with Gasteiger partial charge in [0.05, 0.1) is 0 Å². The number of benzene rings is 1. The van der Waals surface area contributed by atoms with Crippen molar-refractivity contribution in [1.29, 1.82) is 0 Å². The summed E-state index contributed by atoms with van der Waals surface area (Å²) >= 11 is 1.88. The minimum atomic E-state index is -0.237. The van der Waals surface area contributed by atoms with Gasteiger partial charge in [0.2, 0.25) is 0 Å². The Bertz CT molecular complexity index is 430. The fourth-order valence-corrected chi connectivity index (χ4v) is 2.27. The Morgan fingerprint density at radius 3 is 2.75 bits per heavy atom. The minimum absolute atomic E-state index is 0.0831. The third kappa shape index (κ3) is 7.40. The Kier molecular flexibility index (Phi) is 6.88. The van der Waals surface area contributed by atoms with Crippen molar-refractivity contribution in [3.8, 4) is 0 Å². The van der Waals surface area contributed by atoms with Gasteiger partial charge in [0.15, 0.2) is 0 Å². The van der Waals surface area contributed by atoms with E-state index in [2.05, 4.69) is 37.5 Å². The second kappa shape index (κ2) is 8.17. The molecule has 0 atom stereocenters.